The average molecular weight is 318 g/mol. The second-order valence-electron chi connectivity index (χ2n) is 4.75. The Morgan fingerprint density at radius 1 is 1.41 bits per heavy atom. The van der Waals surface area contributed by atoms with E-state index in [1.165, 1.54) is 25.9 Å². The van der Waals surface area contributed by atoms with E-state index < -0.39 is 0 Å². The van der Waals surface area contributed by atoms with Gasteiger partial charge < -0.3 is 10.2 Å². The fourth-order valence-electron chi connectivity index (χ4n) is 2.15. The van der Waals surface area contributed by atoms with Gasteiger partial charge in [0.15, 0.2) is 0 Å². The first-order valence-electron chi connectivity index (χ1n) is 6.02. The third-order valence-corrected chi connectivity index (χ3v) is 4.24. The van der Waals surface area contributed by atoms with Crippen LogP contribution in [0.15, 0.2) is 22.7 Å². The quantitative estimate of drug-likeness (QED) is 0.911. The van der Waals surface area contributed by atoms with Crippen LogP contribution in [0.3, 0.4) is 0 Å². The Labute approximate surface area is 116 Å². The molecule has 2 nitrogen and oxygen atoms in total. The van der Waals surface area contributed by atoms with Gasteiger partial charge in [-0.15, -0.1) is 0 Å². The van der Waals surface area contributed by atoms with Crippen LogP contribution in [0, 0.1) is 5.92 Å². The third kappa shape index (κ3) is 3.87. The second-order valence-corrected chi connectivity index (χ2v) is 6.04. The number of benzene rings is 1. The van der Waals surface area contributed by atoms with Crippen LogP contribution in [0.5, 0.6) is 0 Å². The molecule has 1 fully saturated rings. The number of halogens is 2. The Morgan fingerprint density at radius 2 is 2.12 bits per heavy atom. The fourth-order valence-corrected chi connectivity index (χ4v) is 2.98. The summed E-state index contributed by atoms with van der Waals surface area (Å²) in [6, 6.07) is 5.88. The lowest BCUT2D eigenvalue weighted by Crippen LogP contribution is -2.32. The van der Waals surface area contributed by atoms with Gasteiger partial charge in [-0.05, 0) is 73.0 Å². The van der Waals surface area contributed by atoms with Crippen molar-refractivity contribution in [3.8, 4) is 0 Å². The molecule has 0 radical (unpaired) electrons. The molecular weight excluding hydrogens is 300 g/mol. The molecule has 0 bridgehead atoms. The highest BCUT2D eigenvalue weighted by Gasteiger charge is 2.16. The van der Waals surface area contributed by atoms with Crippen LogP contribution in [0.4, 0.5) is 5.69 Å². The topological polar surface area (TPSA) is 15.3 Å². The first-order chi connectivity index (χ1) is 8.15. The van der Waals surface area contributed by atoms with E-state index in [9.17, 15) is 0 Å². The van der Waals surface area contributed by atoms with Crippen LogP contribution < -0.4 is 5.32 Å². The number of hydrogen-bond donors (Lipinski definition) is 1. The minimum Gasteiger partial charge on any atom is -0.384 e. The third-order valence-electron chi connectivity index (χ3n) is 3.35. The normalized spacial score (nSPS) is 18.3. The molecule has 0 spiro atoms. The molecule has 4 heteroatoms. The van der Waals surface area contributed by atoms with Crippen LogP contribution in [-0.4, -0.2) is 31.6 Å². The molecule has 1 aliphatic heterocycles. The summed E-state index contributed by atoms with van der Waals surface area (Å²) in [7, 11) is 2.19. The number of rotatable bonds is 3. The fraction of sp³-hybridized carbons (Fsp3) is 0.538. The maximum atomic E-state index is 5.92. The van der Waals surface area contributed by atoms with Gasteiger partial charge in [-0.1, -0.05) is 11.6 Å². The van der Waals surface area contributed by atoms with E-state index in [2.05, 4.69) is 33.2 Å². The summed E-state index contributed by atoms with van der Waals surface area (Å²) in [5.41, 5.74) is 1.13. The number of nitrogens with one attached hydrogen (secondary N) is 1. The molecule has 1 aromatic rings. The van der Waals surface area contributed by atoms with Gasteiger partial charge in [-0.25, -0.2) is 0 Å². The van der Waals surface area contributed by atoms with Crippen molar-refractivity contribution in [1.82, 2.24) is 4.90 Å². The van der Waals surface area contributed by atoms with Gasteiger partial charge >= 0.3 is 0 Å². The van der Waals surface area contributed by atoms with Crippen LogP contribution in [0.25, 0.3) is 0 Å². The Kier molecular flexibility index (Phi) is 4.71. The summed E-state index contributed by atoms with van der Waals surface area (Å²) in [5.74, 6) is 0.786. The average Bonchev–Trinajstić information content (AvgIpc) is 2.30. The molecule has 0 unspecified atom stereocenters. The molecule has 0 aliphatic carbocycles. The monoisotopic (exact) mass is 316 g/mol. The minimum atomic E-state index is 0.765. The predicted octanol–water partition coefficient (Wildman–Crippen LogP) is 3.86. The molecule has 0 saturated carbocycles. The second kappa shape index (κ2) is 6.07. The molecule has 1 aliphatic rings. The number of likely N-dealkylation sites (tertiary alicyclic amines) is 1. The van der Waals surface area contributed by atoms with E-state index in [0.29, 0.717) is 0 Å². The van der Waals surface area contributed by atoms with Gasteiger partial charge in [0.2, 0.25) is 0 Å². The highest BCUT2D eigenvalue weighted by molar-refractivity contribution is 9.10. The van der Waals surface area contributed by atoms with Gasteiger partial charge in [-0.3, -0.25) is 0 Å². The van der Waals surface area contributed by atoms with Crippen molar-refractivity contribution in [2.24, 2.45) is 5.92 Å². The largest absolute Gasteiger partial charge is 0.384 e. The highest BCUT2D eigenvalue weighted by Crippen LogP contribution is 2.26. The van der Waals surface area contributed by atoms with E-state index >= 15 is 0 Å². The Hall–Kier alpha value is -0.250. The Bertz CT molecular complexity index is 376. The smallest absolute Gasteiger partial charge is 0.0485 e. The van der Waals surface area contributed by atoms with Crippen molar-refractivity contribution in [2.75, 3.05) is 32.0 Å². The Balaban J connectivity index is 1.85. The van der Waals surface area contributed by atoms with Gasteiger partial charge in [0.25, 0.3) is 0 Å². The van der Waals surface area contributed by atoms with E-state index in [1.54, 1.807) is 0 Å². The SMILES string of the molecule is CN1CCC(CNc2ccc(Cl)cc2Br)CC1. The number of piperidine rings is 1. The molecule has 1 aromatic carbocycles. The lowest BCUT2D eigenvalue weighted by molar-refractivity contribution is 0.226. The minimum absolute atomic E-state index is 0.765. The van der Waals surface area contributed by atoms with Crippen molar-refractivity contribution in [3.05, 3.63) is 27.7 Å². The van der Waals surface area contributed by atoms with Crippen molar-refractivity contribution < 1.29 is 0 Å². The molecule has 1 saturated heterocycles. The van der Waals surface area contributed by atoms with Gasteiger partial charge in [0.05, 0.1) is 0 Å². The van der Waals surface area contributed by atoms with Gasteiger partial charge in [-0.2, -0.15) is 0 Å². The van der Waals surface area contributed by atoms with Crippen molar-refractivity contribution >= 4 is 33.2 Å². The molecule has 94 valence electrons. The summed E-state index contributed by atoms with van der Waals surface area (Å²) in [4.78, 5) is 2.40. The van der Waals surface area contributed by atoms with E-state index in [-0.39, 0.29) is 0 Å². The summed E-state index contributed by atoms with van der Waals surface area (Å²) in [6.45, 7) is 3.48. The summed E-state index contributed by atoms with van der Waals surface area (Å²) < 4.78 is 1.04. The molecule has 2 rings (SSSR count). The lowest BCUT2D eigenvalue weighted by atomic mass is 9.97. The molecule has 17 heavy (non-hydrogen) atoms. The van der Waals surface area contributed by atoms with Crippen LogP contribution >= 0.6 is 27.5 Å². The maximum Gasteiger partial charge on any atom is 0.0485 e. The zero-order valence-corrected chi connectivity index (χ0v) is 12.4. The number of anilines is 1. The first-order valence-corrected chi connectivity index (χ1v) is 7.19. The van der Waals surface area contributed by atoms with Crippen molar-refractivity contribution in [3.63, 3.8) is 0 Å². The van der Waals surface area contributed by atoms with E-state index in [0.717, 1.165) is 27.6 Å². The first kappa shape index (κ1) is 13.2. The van der Waals surface area contributed by atoms with Crippen molar-refractivity contribution in [1.29, 1.82) is 0 Å². The molecule has 1 heterocycles. The number of nitrogens with zero attached hydrogens (tertiary/aromatic N) is 1. The Morgan fingerprint density at radius 3 is 2.76 bits per heavy atom. The van der Waals surface area contributed by atoms with Gasteiger partial charge in [0, 0.05) is 21.7 Å². The van der Waals surface area contributed by atoms with Crippen molar-refractivity contribution in [2.45, 2.75) is 12.8 Å². The standard InChI is InChI=1S/C13H18BrClN2/c1-17-6-4-10(5-7-17)9-16-13-3-2-11(15)8-12(13)14/h2-3,8,10,16H,4-7,9H2,1H3. The molecule has 0 atom stereocenters. The van der Waals surface area contributed by atoms with E-state index in [4.69, 9.17) is 11.6 Å². The number of hydrogen-bond acceptors (Lipinski definition) is 2. The van der Waals surface area contributed by atoms with E-state index in [1.807, 2.05) is 18.2 Å². The van der Waals surface area contributed by atoms with Gasteiger partial charge in [0.1, 0.15) is 0 Å². The van der Waals surface area contributed by atoms with Crippen LogP contribution in [0.2, 0.25) is 5.02 Å². The predicted molar refractivity (Wildman–Crippen MR) is 77.9 cm³/mol. The zero-order valence-electron chi connectivity index (χ0n) is 10.0. The molecular formula is C13H18BrClN2. The lowest BCUT2D eigenvalue weighted by Gasteiger charge is -2.29. The summed E-state index contributed by atoms with van der Waals surface area (Å²) in [5, 5.41) is 4.27. The summed E-state index contributed by atoms with van der Waals surface area (Å²) >= 11 is 9.45. The molecule has 0 aromatic heterocycles. The van der Waals surface area contributed by atoms with Crippen LogP contribution in [-0.2, 0) is 0 Å². The zero-order chi connectivity index (χ0) is 12.3. The summed E-state index contributed by atoms with van der Waals surface area (Å²) in [6.07, 6.45) is 2.57. The molecule has 1 N–H and O–H groups in total. The highest BCUT2D eigenvalue weighted by atomic mass is 79.9. The van der Waals surface area contributed by atoms with Crippen LogP contribution in [0.1, 0.15) is 12.8 Å². The molecule has 0 amide bonds. The maximum absolute atomic E-state index is 5.92.